The molecule has 2 aromatic carbocycles. The molecule has 0 atom stereocenters. The first-order valence-electron chi connectivity index (χ1n) is 10.8. The number of nitrogens with one attached hydrogen (secondary N) is 1. The second-order valence-electron chi connectivity index (χ2n) is 7.56. The van der Waals surface area contributed by atoms with Gasteiger partial charge in [0, 0.05) is 36.0 Å². The van der Waals surface area contributed by atoms with Gasteiger partial charge in [-0.3, -0.25) is 4.98 Å². The second-order valence-corrected chi connectivity index (χ2v) is 7.56. The van der Waals surface area contributed by atoms with Gasteiger partial charge in [0.1, 0.15) is 23.3 Å². The van der Waals surface area contributed by atoms with Crippen molar-refractivity contribution in [1.82, 2.24) is 19.9 Å². The summed E-state index contributed by atoms with van der Waals surface area (Å²) in [6.45, 7) is 4.57. The Kier molecular flexibility index (Phi) is 5.44. The number of ether oxygens (including phenoxy) is 1. The molecule has 0 unspecified atom stereocenters. The monoisotopic (exact) mass is 437 g/mol. The van der Waals surface area contributed by atoms with Crippen LogP contribution in [0.25, 0.3) is 44.9 Å². The Hall–Kier alpha value is -4.26. The number of hydrogen-bond acceptors (Lipinski definition) is 7. The van der Waals surface area contributed by atoms with Crippen molar-refractivity contribution < 1.29 is 9.15 Å². The zero-order chi connectivity index (χ0) is 22.8. The molecule has 0 saturated carbocycles. The molecule has 7 heteroatoms. The lowest BCUT2D eigenvalue weighted by atomic mass is 9.96. The third-order valence-electron chi connectivity index (χ3n) is 5.45. The summed E-state index contributed by atoms with van der Waals surface area (Å²) in [5.74, 6) is 2.61. The molecule has 5 aromatic rings. The Bertz CT molecular complexity index is 1420. The zero-order valence-corrected chi connectivity index (χ0v) is 18.7. The van der Waals surface area contributed by atoms with E-state index in [1.165, 1.54) is 0 Å². The first-order chi connectivity index (χ1) is 16.2. The SMILES string of the molecule is CCOc1cc(-c2cc(-c3ncco3)ccc2C)cc2c(NC)nc(-c3cccnc3)nc12. The Labute approximate surface area is 191 Å². The van der Waals surface area contributed by atoms with Gasteiger partial charge in [-0.15, -0.1) is 0 Å². The van der Waals surface area contributed by atoms with Gasteiger partial charge in [-0.05, 0) is 66.9 Å². The van der Waals surface area contributed by atoms with E-state index >= 15 is 0 Å². The summed E-state index contributed by atoms with van der Waals surface area (Å²) in [4.78, 5) is 18.1. The number of benzene rings is 2. The van der Waals surface area contributed by atoms with Crippen molar-refractivity contribution in [3.63, 3.8) is 0 Å². The van der Waals surface area contributed by atoms with Gasteiger partial charge in [-0.1, -0.05) is 6.07 Å². The number of nitrogens with zero attached hydrogens (tertiary/aromatic N) is 4. The van der Waals surface area contributed by atoms with Crippen LogP contribution in [0, 0.1) is 6.92 Å². The minimum Gasteiger partial charge on any atom is -0.492 e. The number of aryl methyl sites for hydroxylation is 1. The van der Waals surface area contributed by atoms with Crippen molar-refractivity contribution >= 4 is 16.7 Å². The first kappa shape index (κ1) is 20.6. The number of fused-ring (bicyclic) bond motifs is 1. The fourth-order valence-electron chi connectivity index (χ4n) is 3.87. The summed E-state index contributed by atoms with van der Waals surface area (Å²) in [6.07, 6.45) is 6.71. The molecule has 33 heavy (non-hydrogen) atoms. The Morgan fingerprint density at radius 2 is 1.91 bits per heavy atom. The normalized spacial score (nSPS) is 11.0. The molecule has 3 aromatic heterocycles. The molecule has 0 amide bonds. The van der Waals surface area contributed by atoms with E-state index in [4.69, 9.17) is 19.1 Å². The highest BCUT2D eigenvalue weighted by Crippen LogP contribution is 2.38. The van der Waals surface area contributed by atoms with Gasteiger partial charge in [0.15, 0.2) is 5.82 Å². The quantitative estimate of drug-likeness (QED) is 0.361. The van der Waals surface area contributed by atoms with Crippen LogP contribution in [0.15, 0.2) is 71.7 Å². The largest absolute Gasteiger partial charge is 0.492 e. The molecule has 0 aliphatic rings. The predicted octanol–water partition coefficient (Wildman–Crippen LogP) is 5.76. The van der Waals surface area contributed by atoms with Crippen LogP contribution < -0.4 is 10.1 Å². The smallest absolute Gasteiger partial charge is 0.225 e. The van der Waals surface area contributed by atoms with Crippen LogP contribution in [0.1, 0.15) is 12.5 Å². The molecule has 0 fully saturated rings. The molecular formula is C26H23N5O2. The van der Waals surface area contributed by atoms with Crippen LogP contribution >= 0.6 is 0 Å². The maximum atomic E-state index is 6.05. The van der Waals surface area contributed by atoms with Crippen molar-refractivity contribution in [2.45, 2.75) is 13.8 Å². The van der Waals surface area contributed by atoms with Gasteiger partial charge in [-0.25, -0.2) is 15.0 Å². The molecular weight excluding hydrogens is 414 g/mol. The van der Waals surface area contributed by atoms with Crippen LogP contribution in [0.3, 0.4) is 0 Å². The molecule has 0 aliphatic carbocycles. The number of pyridine rings is 1. The van der Waals surface area contributed by atoms with E-state index in [0.29, 0.717) is 24.1 Å². The lowest BCUT2D eigenvalue weighted by Crippen LogP contribution is -2.02. The summed E-state index contributed by atoms with van der Waals surface area (Å²) in [5.41, 5.74) is 5.71. The van der Waals surface area contributed by atoms with E-state index in [-0.39, 0.29) is 0 Å². The van der Waals surface area contributed by atoms with Gasteiger partial charge < -0.3 is 14.5 Å². The maximum Gasteiger partial charge on any atom is 0.225 e. The van der Waals surface area contributed by atoms with Gasteiger partial charge in [0.05, 0.1) is 12.8 Å². The Morgan fingerprint density at radius 1 is 1.00 bits per heavy atom. The third kappa shape index (κ3) is 3.89. The second kappa shape index (κ2) is 8.70. The van der Waals surface area contributed by atoms with E-state index in [1.54, 1.807) is 24.9 Å². The third-order valence-corrected chi connectivity index (χ3v) is 5.45. The number of hydrogen-bond donors (Lipinski definition) is 1. The lowest BCUT2D eigenvalue weighted by Gasteiger charge is -2.15. The van der Waals surface area contributed by atoms with E-state index in [2.05, 4.69) is 40.4 Å². The fraction of sp³-hybridized carbons (Fsp3) is 0.154. The zero-order valence-electron chi connectivity index (χ0n) is 18.7. The van der Waals surface area contributed by atoms with Crippen molar-refractivity contribution in [3.05, 3.63) is 72.9 Å². The van der Waals surface area contributed by atoms with Crippen molar-refractivity contribution in [2.75, 3.05) is 19.0 Å². The van der Waals surface area contributed by atoms with Crippen molar-refractivity contribution in [2.24, 2.45) is 0 Å². The predicted molar refractivity (Wildman–Crippen MR) is 129 cm³/mol. The molecule has 5 rings (SSSR count). The topological polar surface area (TPSA) is 86.0 Å². The van der Waals surface area contributed by atoms with Gasteiger partial charge in [0.25, 0.3) is 0 Å². The van der Waals surface area contributed by atoms with Crippen molar-refractivity contribution in [1.29, 1.82) is 0 Å². The minimum atomic E-state index is 0.523. The maximum absolute atomic E-state index is 6.05. The summed E-state index contributed by atoms with van der Waals surface area (Å²) < 4.78 is 11.6. The van der Waals surface area contributed by atoms with Crippen molar-refractivity contribution in [3.8, 4) is 39.7 Å². The summed E-state index contributed by atoms with van der Waals surface area (Å²) in [7, 11) is 1.86. The lowest BCUT2D eigenvalue weighted by molar-refractivity contribution is 0.344. The average molecular weight is 438 g/mol. The molecule has 0 spiro atoms. The molecule has 3 heterocycles. The number of oxazole rings is 1. The van der Waals surface area contributed by atoms with Crippen LogP contribution in [0.4, 0.5) is 5.82 Å². The summed E-state index contributed by atoms with van der Waals surface area (Å²) >= 11 is 0. The first-order valence-corrected chi connectivity index (χ1v) is 10.8. The Morgan fingerprint density at radius 3 is 2.64 bits per heavy atom. The van der Waals surface area contributed by atoms with Crippen LogP contribution in [-0.2, 0) is 0 Å². The van der Waals surface area contributed by atoms with E-state index < -0.39 is 0 Å². The molecule has 0 radical (unpaired) electrons. The van der Waals surface area contributed by atoms with E-state index in [0.717, 1.165) is 44.5 Å². The number of aromatic nitrogens is 4. The summed E-state index contributed by atoms with van der Waals surface area (Å²) in [6, 6.07) is 14.1. The molecule has 7 nitrogen and oxygen atoms in total. The number of rotatable bonds is 6. The molecule has 0 saturated heterocycles. The highest BCUT2D eigenvalue weighted by Gasteiger charge is 2.17. The Balaban J connectivity index is 1.73. The molecule has 0 aliphatic heterocycles. The summed E-state index contributed by atoms with van der Waals surface area (Å²) in [5, 5.41) is 4.11. The average Bonchev–Trinajstić information content (AvgIpc) is 3.39. The highest BCUT2D eigenvalue weighted by molar-refractivity contribution is 5.98. The van der Waals surface area contributed by atoms with Crippen LogP contribution in [0.2, 0.25) is 0 Å². The fourth-order valence-corrected chi connectivity index (χ4v) is 3.87. The van der Waals surface area contributed by atoms with E-state index in [1.807, 2.05) is 38.2 Å². The minimum absolute atomic E-state index is 0.523. The van der Waals surface area contributed by atoms with Gasteiger partial charge >= 0.3 is 0 Å². The van der Waals surface area contributed by atoms with Crippen LogP contribution in [0.5, 0.6) is 5.75 Å². The molecule has 1 N–H and O–H groups in total. The van der Waals surface area contributed by atoms with Crippen LogP contribution in [-0.4, -0.2) is 33.6 Å². The highest BCUT2D eigenvalue weighted by atomic mass is 16.5. The van der Waals surface area contributed by atoms with E-state index in [9.17, 15) is 0 Å². The molecule has 164 valence electrons. The molecule has 0 bridgehead atoms. The number of anilines is 1. The standard InChI is InChI=1S/C26H23N5O2/c1-4-32-22-14-19(20-12-17(8-7-16(20)2)26-29-10-11-33-26)13-21-23(22)30-24(31-25(21)27-3)18-6-5-9-28-15-18/h5-15H,4H2,1-3H3,(H,27,30,31). The van der Waals surface area contributed by atoms with Gasteiger partial charge in [-0.2, -0.15) is 0 Å². The van der Waals surface area contributed by atoms with Gasteiger partial charge in [0.2, 0.25) is 5.89 Å².